The monoisotopic (exact) mass is 1290 g/mol. The fourth-order valence-corrected chi connectivity index (χ4v) is 13.2. The number of rotatable bonds is 79. The molecule has 0 heterocycles. The quantitative estimate of drug-likeness (QED) is 0.0320. The lowest BCUT2D eigenvalue weighted by atomic mass is 10.0. The molecule has 0 fully saturated rings. The van der Waals surface area contributed by atoms with E-state index < -0.39 is 12.1 Å². The summed E-state index contributed by atoms with van der Waals surface area (Å²) in [7, 11) is 0. The van der Waals surface area contributed by atoms with E-state index >= 15 is 0 Å². The van der Waals surface area contributed by atoms with Gasteiger partial charge in [0.25, 0.3) is 0 Å². The maximum atomic E-state index is 12.6. The molecular weight excluding hydrogens is 1130 g/mol. The third kappa shape index (κ3) is 76.8. The van der Waals surface area contributed by atoms with Crippen molar-refractivity contribution in [3.63, 3.8) is 0 Å². The Hall–Kier alpha value is -2.18. The summed E-state index contributed by atoms with van der Waals surface area (Å²) in [5, 5.41) is 23.3. The summed E-state index contributed by atoms with van der Waals surface area (Å²) in [6.45, 7) is 4.94. The highest BCUT2D eigenvalue weighted by molar-refractivity contribution is 5.76. The molecule has 0 saturated carbocycles. The minimum atomic E-state index is -0.846. The standard InChI is InChI=1S/C86H163NO5/c1-3-5-7-9-11-13-15-17-19-21-22-23-24-34-37-40-43-47-50-54-58-62-66-70-74-78-84(89)83(82-88)87-85(90)79-75-71-67-63-59-55-51-48-44-41-38-35-32-30-28-26-25-27-29-31-33-36-39-42-45-49-53-57-61-65-69-73-77-81-92-86(91)80-76-72-68-64-60-56-52-46-20-18-16-14-12-10-8-6-4-2/h18,20,29,31,36,39,74,78,83-84,88-89H,3-17,19,21-28,30,32-35,37-38,40-73,75-77,79-82H2,1-2H3,(H,87,90)/b20-18-,31-29-,39-36-,78-74+. The molecule has 0 aromatic carbocycles. The van der Waals surface area contributed by atoms with Gasteiger partial charge >= 0.3 is 5.97 Å². The van der Waals surface area contributed by atoms with Gasteiger partial charge in [0.15, 0.2) is 0 Å². The van der Waals surface area contributed by atoms with Gasteiger partial charge in [-0.1, -0.05) is 409 Å². The van der Waals surface area contributed by atoms with Crippen molar-refractivity contribution in [1.82, 2.24) is 5.32 Å². The summed E-state index contributed by atoms with van der Waals surface area (Å²) < 4.78 is 5.50. The number of amides is 1. The van der Waals surface area contributed by atoms with E-state index in [-0.39, 0.29) is 18.5 Å². The van der Waals surface area contributed by atoms with Gasteiger partial charge < -0.3 is 20.3 Å². The Labute approximate surface area is 576 Å². The number of unbranched alkanes of at least 4 members (excludes halogenated alkanes) is 62. The molecule has 2 atom stereocenters. The van der Waals surface area contributed by atoms with Crippen LogP contribution in [0.15, 0.2) is 48.6 Å². The van der Waals surface area contributed by atoms with Crippen LogP contribution >= 0.6 is 0 Å². The van der Waals surface area contributed by atoms with E-state index in [2.05, 4.69) is 55.6 Å². The maximum absolute atomic E-state index is 12.6. The van der Waals surface area contributed by atoms with E-state index in [0.29, 0.717) is 19.4 Å². The van der Waals surface area contributed by atoms with E-state index in [1.807, 2.05) is 6.08 Å². The average Bonchev–Trinajstić information content (AvgIpc) is 3.61. The van der Waals surface area contributed by atoms with Crippen molar-refractivity contribution in [2.75, 3.05) is 13.2 Å². The normalized spacial score (nSPS) is 12.7. The van der Waals surface area contributed by atoms with Gasteiger partial charge in [0, 0.05) is 12.8 Å². The van der Waals surface area contributed by atoms with Crippen LogP contribution in [0.2, 0.25) is 0 Å². The van der Waals surface area contributed by atoms with Crippen LogP contribution in [0, 0.1) is 0 Å². The Balaban J connectivity index is 3.40. The molecule has 0 spiro atoms. The van der Waals surface area contributed by atoms with Gasteiger partial charge in [0.1, 0.15) is 0 Å². The maximum Gasteiger partial charge on any atom is 0.305 e. The first-order valence-electron chi connectivity index (χ1n) is 41.9. The van der Waals surface area contributed by atoms with E-state index in [1.54, 1.807) is 6.08 Å². The lowest BCUT2D eigenvalue weighted by Crippen LogP contribution is -2.45. The van der Waals surface area contributed by atoms with Crippen LogP contribution < -0.4 is 5.32 Å². The number of carbonyl (C=O) groups excluding carboxylic acids is 2. The zero-order valence-electron chi connectivity index (χ0n) is 62.3. The van der Waals surface area contributed by atoms with Crippen molar-refractivity contribution in [3.8, 4) is 0 Å². The van der Waals surface area contributed by atoms with Gasteiger partial charge in [-0.05, 0) is 89.9 Å². The van der Waals surface area contributed by atoms with Gasteiger partial charge in [0.2, 0.25) is 5.91 Å². The topological polar surface area (TPSA) is 95.9 Å². The van der Waals surface area contributed by atoms with Crippen LogP contribution in [0.5, 0.6) is 0 Å². The molecule has 2 unspecified atom stereocenters. The molecule has 3 N–H and O–H groups in total. The van der Waals surface area contributed by atoms with Crippen LogP contribution in [0.4, 0.5) is 0 Å². The zero-order chi connectivity index (χ0) is 66.3. The van der Waals surface area contributed by atoms with Crippen molar-refractivity contribution in [3.05, 3.63) is 48.6 Å². The Morgan fingerprint density at radius 2 is 0.543 bits per heavy atom. The fraction of sp³-hybridized carbons (Fsp3) is 0.884. The molecule has 1 amide bonds. The van der Waals surface area contributed by atoms with Crippen LogP contribution in [-0.2, 0) is 14.3 Å². The highest BCUT2D eigenvalue weighted by Crippen LogP contribution is 2.20. The lowest BCUT2D eigenvalue weighted by molar-refractivity contribution is -0.143. The number of ether oxygens (including phenoxy) is 1. The highest BCUT2D eigenvalue weighted by atomic mass is 16.5. The van der Waals surface area contributed by atoms with Crippen LogP contribution in [0.1, 0.15) is 463 Å². The Morgan fingerprint density at radius 3 is 0.837 bits per heavy atom. The molecule has 6 nitrogen and oxygen atoms in total. The van der Waals surface area contributed by atoms with Crippen LogP contribution in [-0.4, -0.2) is 47.4 Å². The van der Waals surface area contributed by atoms with Crippen molar-refractivity contribution in [1.29, 1.82) is 0 Å². The molecule has 0 aliphatic carbocycles. The van der Waals surface area contributed by atoms with Gasteiger partial charge in [0.05, 0.1) is 25.4 Å². The predicted octanol–water partition coefficient (Wildman–Crippen LogP) is 27.9. The first-order valence-corrected chi connectivity index (χ1v) is 41.9. The fourth-order valence-electron chi connectivity index (χ4n) is 13.2. The molecular formula is C86H163NO5. The minimum Gasteiger partial charge on any atom is -0.466 e. The van der Waals surface area contributed by atoms with Crippen molar-refractivity contribution >= 4 is 11.9 Å². The van der Waals surface area contributed by atoms with Crippen molar-refractivity contribution < 1.29 is 24.5 Å². The Morgan fingerprint density at radius 1 is 0.304 bits per heavy atom. The van der Waals surface area contributed by atoms with Gasteiger partial charge in [-0.15, -0.1) is 0 Å². The molecule has 0 saturated heterocycles. The SMILES string of the molecule is CCCCCCCC/C=C\CCCCCCCCCC(=O)OCCCCCCCCCCC/C=C\C/C=C\CCCCCCCCCCCCCCCCCCCC(=O)NC(CO)C(O)/C=C/CCCCCCCCCCCCCCCCCCCCCCCCC. The smallest absolute Gasteiger partial charge is 0.305 e. The predicted molar refractivity (Wildman–Crippen MR) is 407 cm³/mol. The molecule has 0 aliphatic heterocycles. The van der Waals surface area contributed by atoms with E-state index in [4.69, 9.17) is 4.74 Å². The number of aliphatic hydroxyl groups is 2. The third-order valence-corrected chi connectivity index (χ3v) is 19.6. The number of hydrogen-bond donors (Lipinski definition) is 3. The first-order chi connectivity index (χ1) is 45.5. The van der Waals surface area contributed by atoms with E-state index in [9.17, 15) is 19.8 Å². The molecule has 0 aromatic rings. The third-order valence-electron chi connectivity index (χ3n) is 19.6. The summed E-state index contributed by atoms with van der Waals surface area (Å²) in [5.41, 5.74) is 0. The molecule has 542 valence electrons. The molecule has 0 aromatic heterocycles. The van der Waals surface area contributed by atoms with Crippen LogP contribution in [0.3, 0.4) is 0 Å². The van der Waals surface area contributed by atoms with Gasteiger partial charge in [-0.2, -0.15) is 0 Å². The number of esters is 1. The van der Waals surface area contributed by atoms with E-state index in [1.165, 1.54) is 385 Å². The summed E-state index contributed by atoms with van der Waals surface area (Å²) in [5.74, 6) is -0.0498. The first kappa shape index (κ1) is 89.8. The Bertz CT molecular complexity index is 1540. The van der Waals surface area contributed by atoms with E-state index in [0.717, 1.165) is 51.4 Å². The summed E-state index contributed by atoms with van der Waals surface area (Å²) >= 11 is 0. The summed E-state index contributed by atoms with van der Waals surface area (Å²) in [6, 6.07) is -0.629. The largest absolute Gasteiger partial charge is 0.466 e. The second-order valence-electron chi connectivity index (χ2n) is 28.8. The molecule has 92 heavy (non-hydrogen) atoms. The van der Waals surface area contributed by atoms with Crippen molar-refractivity contribution in [2.45, 2.75) is 475 Å². The highest BCUT2D eigenvalue weighted by Gasteiger charge is 2.18. The zero-order valence-corrected chi connectivity index (χ0v) is 62.3. The summed E-state index contributed by atoms with van der Waals surface area (Å²) in [6.07, 6.45) is 108. The lowest BCUT2D eigenvalue weighted by Gasteiger charge is -2.20. The number of hydrogen-bond acceptors (Lipinski definition) is 5. The summed E-state index contributed by atoms with van der Waals surface area (Å²) in [4.78, 5) is 24.7. The molecule has 0 aliphatic rings. The number of aliphatic hydroxyl groups excluding tert-OH is 2. The molecule has 0 bridgehead atoms. The molecule has 6 heteroatoms. The second kappa shape index (κ2) is 81.2. The molecule has 0 rings (SSSR count). The van der Waals surface area contributed by atoms with Crippen molar-refractivity contribution in [2.24, 2.45) is 0 Å². The second-order valence-corrected chi connectivity index (χ2v) is 28.8. The van der Waals surface area contributed by atoms with Crippen LogP contribution in [0.25, 0.3) is 0 Å². The number of allylic oxidation sites excluding steroid dienone is 7. The van der Waals surface area contributed by atoms with Gasteiger partial charge in [-0.25, -0.2) is 0 Å². The molecule has 0 radical (unpaired) electrons. The average molecular weight is 1290 g/mol. The minimum absolute atomic E-state index is 0.0113. The number of nitrogens with one attached hydrogen (secondary N) is 1. The Kier molecular flexibility index (Phi) is 79.3. The number of carbonyl (C=O) groups is 2. The van der Waals surface area contributed by atoms with Gasteiger partial charge in [-0.3, -0.25) is 9.59 Å².